The summed E-state index contributed by atoms with van der Waals surface area (Å²) in [5.41, 5.74) is 2.03. The first-order chi connectivity index (χ1) is 8.66. The van der Waals surface area contributed by atoms with Crippen LogP contribution < -0.4 is 0 Å². The van der Waals surface area contributed by atoms with Gasteiger partial charge in [-0.1, -0.05) is 48.0 Å². The lowest BCUT2D eigenvalue weighted by Crippen LogP contribution is -1.95. The summed E-state index contributed by atoms with van der Waals surface area (Å²) in [6, 6.07) is 14.4. The van der Waals surface area contributed by atoms with Gasteiger partial charge in [0.2, 0.25) is 0 Å². The molecule has 0 aromatic heterocycles. The lowest BCUT2D eigenvalue weighted by molar-refractivity contribution is 0.626. The average molecular weight is 283 g/mol. The van der Waals surface area contributed by atoms with E-state index >= 15 is 0 Å². The van der Waals surface area contributed by atoms with Crippen LogP contribution in [0.3, 0.4) is 0 Å². The molecule has 94 valence electrons. The Bertz CT molecular complexity index is 511. The number of alkyl halides is 1. The van der Waals surface area contributed by atoms with Crippen molar-refractivity contribution < 1.29 is 4.39 Å². The minimum Gasteiger partial charge on any atom is -0.207 e. The van der Waals surface area contributed by atoms with Crippen LogP contribution in [0.25, 0.3) is 0 Å². The highest BCUT2D eigenvalue weighted by molar-refractivity contribution is 6.31. The van der Waals surface area contributed by atoms with E-state index in [4.69, 9.17) is 23.2 Å². The van der Waals surface area contributed by atoms with Crippen molar-refractivity contribution in [3.8, 4) is 0 Å². The molecule has 0 saturated heterocycles. The Morgan fingerprint density at radius 1 is 1.06 bits per heavy atom. The summed E-state index contributed by atoms with van der Waals surface area (Å²) in [6.07, 6.45) is 1.51. The molecule has 0 aliphatic heterocycles. The number of rotatable bonds is 4. The number of benzene rings is 2. The predicted octanol–water partition coefficient (Wildman–Crippen LogP) is 5.39. The fraction of sp³-hybridized carbons (Fsp3) is 0.200. The summed E-state index contributed by atoms with van der Waals surface area (Å²) in [5.74, 6) is -0.311. The van der Waals surface area contributed by atoms with E-state index in [0.717, 1.165) is 24.0 Å². The van der Waals surface area contributed by atoms with Crippen molar-refractivity contribution in [1.29, 1.82) is 0 Å². The Kier molecular flexibility index (Phi) is 4.62. The fourth-order valence-electron chi connectivity index (χ4n) is 1.84. The van der Waals surface area contributed by atoms with Crippen molar-refractivity contribution >= 4 is 23.2 Å². The highest BCUT2D eigenvalue weighted by atomic mass is 35.5. The second-order valence-corrected chi connectivity index (χ2v) is 5.09. The summed E-state index contributed by atoms with van der Waals surface area (Å²) in [7, 11) is 0. The topological polar surface area (TPSA) is 0 Å². The Hall–Kier alpha value is -1.05. The molecule has 0 N–H and O–H groups in total. The van der Waals surface area contributed by atoms with E-state index in [1.54, 1.807) is 6.07 Å². The van der Waals surface area contributed by atoms with Crippen LogP contribution in [0.15, 0.2) is 48.5 Å². The van der Waals surface area contributed by atoms with E-state index in [2.05, 4.69) is 0 Å². The molecule has 18 heavy (non-hydrogen) atoms. The number of halogens is 3. The van der Waals surface area contributed by atoms with Crippen LogP contribution >= 0.6 is 23.2 Å². The van der Waals surface area contributed by atoms with Gasteiger partial charge in [-0.25, -0.2) is 4.39 Å². The first-order valence-electron chi connectivity index (χ1n) is 5.80. The van der Waals surface area contributed by atoms with E-state index in [0.29, 0.717) is 5.02 Å². The monoisotopic (exact) mass is 282 g/mol. The summed E-state index contributed by atoms with van der Waals surface area (Å²) < 4.78 is 12.9. The van der Waals surface area contributed by atoms with Gasteiger partial charge in [-0.3, -0.25) is 0 Å². The second-order valence-electron chi connectivity index (χ2n) is 4.15. The third-order valence-corrected chi connectivity index (χ3v) is 3.67. The normalized spacial score (nSPS) is 12.4. The molecule has 0 heterocycles. The van der Waals surface area contributed by atoms with Gasteiger partial charge in [0.15, 0.2) is 0 Å². The van der Waals surface area contributed by atoms with Crippen molar-refractivity contribution in [2.24, 2.45) is 0 Å². The number of aryl methyl sites for hydroxylation is 1. The number of hydrogen-bond acceptors (Lipinski definition) is 0. The first-order valence-corrected chi connectivity index (χ1v) is 6.61. The molecule has 0 nitrogen and oxygen atoms in total. The van der Waals surface area contributed by atoms with Gasteiger partial charge in [0, 0.05) is 5.02 Å². The Morgan fingerprint density at radius 3 is 2.44 bits per heavy atom. The lowest BCUT2D eigenvalue weighted by atomic mass is 10.0. The molecular formula is C15H13Cl2F. The van der Waals surface area contributed by atoms with Crippen molar-refractivity contribution in [3.05, 3.63) is 70.5 Å². The van der Waals surface area contributed by atoms with Crippen LogP contribution in [0.4, 0.5) is 4.39 Å². The Balaban J connectivity index is 1.99. The molecule has 0 spiro atoms. The largest absolute Gasteiger partial charge is 0.207 e. The van der Waals surface area contributed by atoms with Gasteiger partial charge in [0.1, 0.15) is 5.82 Å². The molecule has 0 bridgehead atoms. The third-order valence-electron chi connectivity index (χ3n) is 2.84. The van der Waals surface area contributed by atoms with E-state index in [1.165, 1.54) is 12.1 Å². The van der Waals surface area contributed by atoms with Crippen LogP contribution in [0.1, 0.15) is 22.9 Å². The van der Waals surface area contributed by atoms with Crippen LogP contribution in [-0.4, -0.2) is 0 Å². The zero-order valence-corrected chi connectivity index (χ0v) is 11.3. The zero-order valence-electron chi connectivity index (χ0n) is 9.74. The van der Waals surface area contributed by atoms with Crippen molar-refractivity contribution in [2.75, 3.05) is 0 Å². The van der Waals surface area contributed by atoms with Gasteiger partial charge in [-0.15, -0.1) is 11.6 Å². The molecular weight excluding hydrogens is 270 g/mol. The van der Waals surface area contributed by atoms with Crippen molar-refractivity contribution in [3.63, 3.8) is 0 Å². The summed E-state index contributed by atoms with van der Waals surface area (Å²) in [5, 5.41) is 0.416. The highest BCUT2D eigenvalue weighted by Gasteiger charge is 2.09. The maximum atomic E-state index is 12.9. The van der Waals surface area contributed by atoms with Crippen molar-refractivity contribution in [2.45, 2.75) is 18.2 Å². The number of hydrogen-bond donors (Lipinski definition) is 0. The lowest BCUT2D eigenvalue weighted by Gasteiger charge is -2.10. The maximum absolute atomic E-state index is 12.9. The molecule has 2 rings (SSSR count). The smallest absolute Gasteiger partial charge is 0.124 e. The molecule has 0 amide bonds. The molecule has 1 unspecified atom stereocenters. The maximum Gasteiger partial charge on any atom is 0.124 e. The molecule has 3 heteroatoms. The third kappa shape index (κ3) is 3.47. The first kappa shape index (κ1) is 13.4. The standard InChI is InChI=1S/C15H13Cl2F/c16-14(11-4-2-1-3-5-11)9-7-12-6-8-13(18)10-15(12)17/h1-6,8,10,14H,7,9H2. The van der Waals surface area contributed by atoms with E-state index in [-0.39, 0.29) is 11.2 Å². The average Bonchev–Trinajstić information content (AvgIpc) is 2.38. The summed E-state index contributed by atoms with van der Waals surface area (Å²) in [4.78, 5) is 0. The van der Waals surface area contributed by atoms with Crippen LogP contribution in [0.2, 0.25) is 5.02 Å². The Labute approximate surface area is 116 Å². The van der Waals surface area contributed by atoms with E-state index in [1.807, 2.05) is 30.3 Å². The molecule has 0 fully saturated rings. The summed E-state index contributed by atoms with van der Waals surface area (Å²) in [6.45, 7) is 0. The molecule has 0 saturated carbocycles. The fourth-order valence-corrected chi connectivity index (χ4v) is 2.35. The van der Waals surface area contributed by atoms with Crippen LogP contribution in [0, 0.1) is 5.82 Å². The van der Waals surface area contributed by atoms with Gasteiger partial charge < -0.3 is 0 Å². The summed E-state index contributed by atoms with van der Waals surface area (Å²) >= 11 is 12.3. The van der Waals surface area contributed by atoms with E-state index < -0.39 is 0 Å². The molecule has 2 aromatic carbocycles. The molecule has 1 atom stereocenters. The van der Waals surface area contributed by atoms with Gasteiger partial charge >= 0.3 is 0 Å². The molecule has 2 aromatic rings. The molecule has 0 aliphatic carbocycles. The van der Waals surface area contributed by atoms with Gasteiger partial charge in [0.05, 0.1) is 5.38 Å². The Morgan fingerprint density at radius 2 is 1.78 bits per heavy atom. The van der Waals surface area contributed by atoms with Crippen molar-refractivity contribution in [1.82, 2.24) is 0 Å². The molecule has 0 aliphatic rings. The minimum absolute atomic E-state index is 0.0488. The highest BCUT2D eigenvalue weighted by Crippen LogP contribution is 2.27. The van der Waals surface area contributed by atoms with Crippen LogP contribution in [-0.2, 0) is 6.42 Å². The van der Waals surface area contributed by atoms with Crippen LogP contribution in [0.5, 0.6) is 0 Å². The molecule has 0 radical (unpaired) electrons. The van der Waals surface area contributed by atoms with Gasteiger partial charge in [-0.05, 0) is 36.1 Å². The SMILES string of the molecule is Fc1ccc(CCC(Cl)c2ccccc2)c(Cl)c1. The quantitative estimate of drug-likeness (QED) is 0.660. The minimum atomic E-state index is -0.311. The van der Waals surface area contributed by atoms with Gasteiger partial charge in [0.25, 0.3) is 0 Å². The second kappa shape index (κ2) is 6.21. The predicted molar refractivity (Wildman–Crippen MR) is 74.8 cm³/mol. The zero-order chi connectivity index (χ0) is 13.0. The van der Waals surface area contributed by atoms with E-state index in [9.17, 15) is 4.39 Å². The van der Waals surface area contributed by atoms with Gasteiger partial charge in [-0.2, -0.15) is 0 Å².